The molecule has 1 aliphatic heterocycles. The van der Waals surface area contributed by atoms with Crippen molar-refractivity contribution in [3.8, 4) is 0 Å². The average molecular weight is 373 g/mol. The number of benzene rings is 1. The maximum Gasteiger partial charge on any atom is 0.315 e. The predicted octanol–water partition coefficient (Wildman–Crippen LogP) is 4.66. The largest absolute Gasteiger partial charge is 0.465 e. The van der Waals surface area contributed by atoms with Crippen LogP contribution in [-0.2, 0) is 9.53 Å². The van der Waals surface area contributed by atoms with E-state index in [4.69, 9.17) is 4.74 Å². The molecule has 2 rings (SSSR count). The highest BCUT2D eigenvalue weighted by atomic mass is 16.6. The third kappa shape index (κ3) is 5.21. The van der Waals surface area contributed by atoms with Gasteiger partial charge in [-0.15, -0.1) is 0 Å². The summed E-state index contributed by atoms with van der Waals surface area (Å²) in [6, 6.07) is 6.38. The van der Waals surface area contributed by atoms with Crippen LogP contribution in [-0.4, -0.2) is 28.9 Å². The number of ether oxygens (including phenoxy) is 1. The smallest absolute Gasteiger partial charge is 0.315 e. The van der Waals surface area contributed by atoms with E-state index in [0.717, 1.165) is 31.4 Å². The summed E-state index contributed by atoms with van der Waals surface area (Å²) in [6.07, 6.45) is 4.69. The first kappa shape index (κ1) is 20.7. The zero-order valence-corrected chi connectivity index (χ0v) is 16.2. The van der Waals surface area contributed by atoms with Crippen molar-refractivity contribution in [1.82, 2.24) is 0 Å². The van der Waals surface area contributed by atoms with Crippen LogP contribution < -0.4 is 0 Å². The molecule has 146 valence electrons. The van der Waals surface area contributed by atoms with Gasteiger partial charge in [0, 0.05) is 23.8 Å². The Morgan fingerprint density at radius 1 is 1.22 bits per heavy atom. The Bertz CT molecular complexity index is 742. The van der Waals surface area contributed by atoms with Gasteiger partial charge in [0.2, 0.25) is 0 Å². The van der Waals surface area contributed by atoms with E-state index >= 15 is 0 Å². The van der Waals surface area contributed by atoms with Crippen molar-refractivity contribution in [2.24, 2.45) is 16.1 Å². The third-order valence-electron chi connectivity index (χ3n) is 4.78. The molecule has 0 bridgehead atoms. The highest BCUT2D eigenvalue weighted by Crippen LogP contribution is 2.34. The van der Waals surface area contributed by atoms with Crippen molar-refractivity contribution in [1.29, 1.82) is 0 Å². The molecule has 2 atom stereocenters. The molecular weight excluding hydrogens is 346 g/mol. The normalized spacial score (nSPS) is 19.2. The van der Waals surface area contributed by atoms with Gasteiger partial charge in [0.25, 0.3) is 5.69 Å². The number of nitro groups is 1. The number of nitro benzene ring substituents is 1. The number of nitrogens with zero attached hydrogens (tertiary/aromatic N) is 3. The van der Waals surface area contributed by atoms with Crippen molar-refractivity contribution in [3.63, 3.8) is 0 Å². The number of hydrogen-bond donors (Lipinski definition) is 0. The molecule has 7 heteroatoms. The monoisotopic (exact) mass is 373 g/mol. The van der Waals surface area contributed by atoms with Crippen molar-refractivity contribution < 1.29 is 14.5 Å². The number of unbranched alkanes of at least 4 members (excludes halogenated alkanes) is 3. The maximum absolute atomic E-state index is 12.8. The number of esters is 1. The molecule has 0 fully saturated rings. The molecule has 27 heavy (non-hydrogen) atoms. The van der Waals surface area contributed by atoms with Gasteiger partial charge in [0.15, 0.2) is 0 Å². The minimum atomic E-state index is -0.606. The maximum atomic E-state index is 12.8. The summed E-state index contributed by atoms with van der Waals surface area (Å²) in [7, 11) is 0. The second-order valence-corrected chi connectivity index (χ2v) is 6.72. The number of carbonyl (C=O) groups excluding carboxylic acids is 1. The van der Waals surface area contributed by atoms with Crippen molar-refractivity contribution >= 4 is 23.1 Å². The van der Waals surface area contributed by atoms with Gasteiger partial charge < -0.3 is 4.74 Å². The molecule has 1 aromatic rings. The molecule has 2 unspecified atom stereocenters. The van der Waals surface area contributed by atoms with Crippen LogP contribution in [0.15, 0.2) is 34.5 Å². The van der Waals surface area contributed by atoms with Crippen molar-refractivity contribution in [2.45, 2.75) is 58.8 Å². The molecule has 1 aliphatic rings. The number of rotatable bonds is 9. The first-order valence-corrected chi connectivity index (χ1v) is 9.51. The van der Waals surface area contributed by atoms with E-state index in [9.17, 15) is 14.9 Å². The SMILES string of the molecule is CCCCCCOC(=O)C1C(C)=NN=C(CC)C1c1cccc([N+](=O)[O-])c1. The zero-order chi connectivity index (χ0) is 19.8. The van der Waals surface area contributed by atoms with E-state index in [-0.39, 0.29) is 11.7 Å². The van der Waals surface area contributed by atoms with E-state index in [2.05, 4.69) is 17.1 Å². The fourth-order valence-corrected chi connectivity index (χ4v) is 3.31. The molecule has 0 saturated carbocycles. The molecule has 0 N–H and O–H groups in total. The summed E-state index contributed by atoms with van der Waals surface area (Å²) in [4.78, 5) is 23.5. The van der Waals surface area contributed by atoms with Gasteiger partial charge in [-0.2, -0.15) is 10.2 Å². The third-order valence-corrected chi connectivity index (χ3v) is 4.78. The molecule has 0 aromatic heterocycles. The summed E-state index contributed by atoms with van der Waals surface area (Å²) in [5.74, 6) is -1.34. The fourth-order valence-electron chi connectivity index (χ4n) is 3.31. The molecular formula is C20H27N3O4. The zero-order valence-electron chi connectivity index (χ0n) is 16.2. The van der Waals surface area contributed by atoms with Gasteiger partial charge in [0.05, 0.1) is 17.2 Å². The Balaban J connectivity index is 2.25. The van der Waals surface area contributed by atoms with Gasteiger partial charge in [-0.3, -0.25) is 14.9 Å². The molecule has 1 heterocycles. The predicted molar refractivity (Wildman–Crippen MR) is 105 cm³/mol. The summed E-state index contributed by atoms with van der Waals surface area (Å²) < 4.78 is 5.51. The Hall–Kier alpha value is -2.57. The minimum Gasteiger partial charge on any atom is -0.465 e. The van der Waals surface area contributed by atoms with E-state index in [1.54, 1.807) is 19.1 Å². The number of hydrogen-bond acceptors (Lipinski definition) is 6. The Kier molecular flexibility index (Phi) is 7.64. The lowest BCUT2D eigenvalue weighted by molar-refractivity contribution is -0.384. The van der Waals surface area contributed by atoms with Crippen molar-refractivity contribution in [3.05, 3.63) is 39.9 Å². The van der Waals surface area contributed by atoms with Crippen LogP contribution in [0.1, 0.15) is 64.4 Å². The first-order chi connectivity index (χ1) is 13.0. The van der Waals surface area contributed by atoms with Gasteiger partial charge in [-0.05, 0) is 25.3 Å². The highest BCUT2D eigenvalue weighted by molar-refractivity contribution is 6.10. The second-order valence-electron chi connectivity index (χ2n) is 6.72. The highest BCUT2D eigenvalue weighted by Gasteiger charge is 2.39. The van der Waals surface area contributed by atoms with Gasteiger partial charge in [-0.25, -0.2) is 0 Å². The summed E-state index contributed by atoms with van der Waals surface area (Å²) in [5.41, 5.74) is 1.98. The van der Waals surface area contributed by atoms with Crippen LogP contribution in [0.4, 0.5) is 5.69 Å². The molecule has 0 spiro atoms. The summed E-state index contributed by atoms with van der Waals surface area (Å²) >= 11 is 0. The standard InChI is InChI=1S/C20H27N3O4/c1-4-6-7-8-12-27-20(24)18-14(3)21-22-17(5-2)19(18)15-10-9-11-16(13-15)23(25)26/h9-11,13,18-19H,4-8,12H2,1-3H3. The Labute approximate surface area is 159 Å². The second kappa shape index (κ2) is 9.94. The minimum absolute atomic E-state index is 0.00481. The summed E-state index contributed by atoms with van der Waals surface area (Å²) in [5, 5.41) is 19.5. The molecule has 1 aromatic carbocycles. The number of carbonyl (C=O) groups is 1. The Morgan fingerprint density at radius 3 is 2.67 bits per heavy atom. The van der Waals surface area contributed by atoms with Crippen molar-refractivity contribution in [2.75, 3.05) is 6.61 Å². The Morgan fingerprint density at radius 2 is 2.00 bits per heavy atom. The summed E-state index contributed by atoms with van der Waals surface area (Å²) in [6.45, 7) is 6.20. The lowest BCUT2D eigenvalue weighted by Crippen LogP contribution is -2.36. The molecule has 0 radical (unpaired) electrons. The van der Waals surface area contributed by atoms with Crippen LogP contribution in [0.2, 0.25) is 0 Å². The van der Waals surface area contributed by atoms with Gasteiger partial charge in [0.1, 0.15) is 5.92 Å². The molecule has 0 amide bonds. The van der Waals surface area contributed by atoms with Crippen LogP contribution in [0.5, 0.6) is 0 Å². The van der Waals surface area contributed by atoms with Crippen LogP contribution in [0.25, 0.3) is 0 Å². The van der Waals surface area contributed by atoms with Gasteiger partial charge in [-0.1, -0.05) is 45.2 Å². The molecule has 7 nitrogen and oxygen atoms in total. The van der Waals surface area contributed by atoms with E-state index in [0.29, 0.717) is 24.3 Å². The molecule has 0 aliphatic carbocycles. The average Bonchev–Trinajstić information content (AvgIpc) is 2.67. The van der Waals surface area contributed by atoms with E-state index < -0.39 is 16.8 Å². The molecule has 0 saturated heterocycles. The fraction of sp³-hybridized carbons (Fsp3) is 0.550. The van der Waals surface area contributed by atoms with Crippen LogP contribution in [0, 0.1) is 16.0 Å². The quantitative estimate of drug-likeness (QED) is 0.272. The topological polar surface area (TPSA) is 94.2 Å². The van der Waals surface area contributed by atoms with Crippen LogP contribution >= 0.6 is 0 Å². The first-order valence-electron chi connectivity index (χ1n) is 9.51. The van der Waals surface area contributed by atoms with E-state index in [1.165, 1.54) is 12.1 Å². The van der Waals surface area contributed by atoms with Gasteiger partial charge >= 0.3 is 5.97 Å². The number of non-ortho nitro benzene ring substituents is 1. The lowest BCUT2D eigenvalue weighted by atomic mass is 9.78. The van der Waals surface area contributed by atoms with Crippen LogP contribution in [0.3, 0.4) is 0 Å². The van der Waals surface area contributed by atoms with E-state index in [1.807, 2.05) is 6.92 Å². The lowest BCUT2D eigenvalue weighted by Gasteiger charge is -2.29.